The molecule has 108 valence electrons. The SMILES string of the molecule is CC1CC(=O)NN=C1c1ccc(-n2ccc(CO)c2)cc1. The van der Waals surface area contributed by atoms with Gasteiger partial charge in [0, 0.05) is 30.4 Å². The van der Waals surface area contributed by atoms with Gasteiger partial charge in [-0.05, 0) is 29.3 Å². The zero-order chi connectivity index (χ0) is 14.8. The maximum absolute atomic E-state index is 11.3. The molecule has 0 fully saturated rings. The second-order valence-electron chi connectivity index (χ2n) is 5.27. The lowest BCUT2D eigenvalue weighted by atomic mass is 9.94. The lowest BCUT2D eigenvalue weighted by Gasteiger charge is -2.19. The molecule has 1 amide bonds. The Morgan fingerprint density at radius 1 is 1.33 bits per heavy atom. The molecule has 0 aliphatic carbocycles. The van der Waals surface area contributed by atoms with Crippen molar-refractivity contribution in [2.45, 2.75) is 20.0 Å². The molecular formula is C16H17N3O2. The predicted octanol–water partition coefficient (Wildman–Crippen LogP) is 1.83. The summed E-state index contributed by atoms with van der Waals surface area (Å²) in [5.41, 5.74) is 6.36. The van der Waals surface area contributed by atoms with Gasteiger partial charge in [0.1, 0.15) is 0 Å². The Morgan fingerprint density at radius 3 is 2.71 bits per heavy atom. The van der Waals surface area contributed by atoms with Gasteiger partial charge in [0.2, 0.25) is 5.91 Å². The fraction of sp³-hybridized carbons (Fsp3) is 0.250. The first-order chi connectivity index (χ1) is 10.2. The minimum absolute atomic E-state index is 0.0354. The van der Waals surface area contributed by atoms with Gasteiger partial charge in [-0.3, -0.25) is 4.79 Å². The van der Waals surface area contributed by atoms with Crippen molar-refractivity contribution in [1.29, 1.82) is 0 Å². The number of benzene rings is 1. The van der Waals surface area contributed by atoms with E-state index >= 15 is 0 Å². The highest BCUT2D eigenvalue weighted by Crippen LogP contribution is 2.18. The van der Waals surface area contributed by atoms with Gasteiger partial charge in [0.15, 0.2) is 0 Å². The van der Waals surface area contributed by atoms with Crippen molar-refractivity contribution in [3.8, 4) is 5.69 Å². The van der Waals surface area contributed by atoms with Crippen molar-refractivity contribution in [3.05, 3.63) is 53.9 Å². The van der Waals surface area contributed by atoms with Crippen LogP contribution in [0.5, 0.6) is 0 Å². The average Bonchev–Trinajstić information content (AvgIpc) is 2.96. The van der Waals surface area contributed by atoms with Gasteiger partial charge >= 0.3 is 0 Å². The number of carbonyl (C=O) groups is 1. The molecule has 1 aromatic heterocycles. The van der Waals surface area contributed by atoms with E-state index < -0.39 is 0 Å². The van der Waals surface area contributed by atoms with Crippen molar-refractivity contribution in [1.82, 2.24) is 9.99 Å². The van der Waals surface area contributed by atoms with Crippen molar-refractivity contribution >= 4 is 11.6 Å². The molecule has 2 aromatic rings. The summed E-state index contributed by atoms with van der Waals surface area (Å²) in [5, 5.41) is 13.3. The van der Waals surface area contributed by atoms with E-state index in [9.17, 15) is 4.79 Å². The zero-order valence-electron chi connectivity index (χ0n) is 11.8. The second kappa shape index (κ2) is 5.54. The van der Waals surface area contributed by atoms with Gasteiger partial charge in [-0.25, -0.2) is 5.43 Å². The first-order valence-corrected chi connectivity index (χ1v) is 6.92. The van der Waals surface area contributed by atoms with Gasteiger partial charge in [0.25, 0.3) is 0 Å². The Morgan fingerprint density at radius 2 is 2.10 bits per heavy atom. The minimum Gasteiger partial charge on any atom is -0.392 e. The van der Waals surface area contributed by atoms with Crippen LogP contribution in [0.3, 0.4) is 0 Å². The van der Waals surface area contributed by atoms with Crippen molar-refractivity contribution < 1.29 is 9.90 Å². The third-order valence-corrected chi connectivity index (χ3v) is 3.66. The van der Waals surface area contributed by atoms with Gasteiger partial charge in [-0.1, -0.05) is 19.1 Å². The molecule has 1 aromatic carbocycles. The van der Waals surface area contributed by atoms with Gasteiger partial charge in [0.05, 0.1) is 12.3 Å². The normalized spacial score (nSPS) is 18.3. The van der Waals surface area contributed by atoms with Crippen LogP contribution in [-0.2, 0) is 11.4 Å². The van der Waals surface area contributed by atoms with Crippen molar-refractivity contribution in [3.63, 3.8) is 0 Å². The van der Waals surface area contributed by atoms with E-state index in [4.69, 9.17) is 5.11 Å². The minimum atomic E-state index is -0.0354. The predicted molar refractivity (Wildman–Crippen MR) is 80.2 cm³/mol. The molecule has 0 radical (unpaired) electrons. The maximum Gasteiger partial charge on any atom is 0.240 e. The number of aliphatic hydroxyl groups excluding tert-OH is 1. The zero-order valence-corrected chi connectivity index (χ0v) is 11.8. The topological polar surface area (TPSA) is 66.6 Å². The van der Waals surface area contributed by atoms with Crippen LogP contribution < -0.4 is 5.43 Å². The first-order valence-electron chi connectivity index (χ1n) is 6.92. The van der Waals surface area contributed by atoms with Gasteiger partial charge in [-0.15, -0.1) is 0 Å². The number of aliphatic hydroxyl groups is 1. The van der Waals surface area contributed by atoms with E-state index in [1.807, 2.05) is 54.2 Å². The first kappa shape index (κ1) is 13.6. The van der Waals surface area contributed by atoms with Crippen LogP contribution in [0.25, 0.3) is 5.69 Å². The van der Waals surface area contributed by atoms with E-state index in [0.717, 1.165) is 22.5 Å². The van der Waals surface area contributed by atoms with Crippen molar-refractivity contribution in [2.24, 2.45) is 11.0 Å². The molecule has 0 bridgehead atoms. The Hall–Kier alpha value is -2.40. The van der Waals surface area contributed by atoms with E-state index in [-0.39, 0.29) is 18.4 Å². The number of hydrogen-bond donors (Lipinski definition) is 2. The molecule has 5 nitrogen and oxygen atoms in total. The summed E-state index contributed by atoms with van der Waals surface area (Å²) in [6.07, 6.45) is 4.29. The van der Waals surface area contributed by atoms with Crippen LogP contribution >= 0.6 is 0 Å². The van der Waals surface area contributed by atoms with Crippen molar-refractivity contribution in [2.75, 3.05) is 0 Å². The number of carbonyl (C=O) groups excluding carboxylic acids is 1. The second-order valence-corrected chi connectivity index (χ2v) is 5.27. The standard InChI is InChI=1S/C16H17N3O2/c1-11-8-15(21)17-18-16(11)13-2-4-14(5-3-13)19-7-6-12(9-19)10-20/h2-7,9,11,20H,8,10H2,1H3,(H,17,21). The Bertz CT molecular complexity index is 686. The Labute approximate surface area is 122 Å². The molecule has 1 atom stereocenters. The van der Waals surface area contributed by atoms with E-state index in [0.29, 0.717) is 6.42 Å². The summed E-state index contributed by atoms with van der Waals surface area (Å²) in [5.74, 6) is 0.0870. The third-order valence-electron chi connectivity index (χ3n) is 3.66. The lowest BCUT2D eigenvalue weighted by molar-refractivity contribution is -0.121. The van der Waals surface area contributed by atoms with Crippen LogP contribution in [0.1, 0.15) is 24.5 Å². The van der Waals surface area contributed by atoms with Gasteiger partial charge < -0.3 is 9.67 Å². The molecule has 2 heterocycles. The Balaban J connectivity index is 1.85. The van der Waals surface area contributed by atoms with Crippen LogP contribution in [0.15, 0.2) is 47.8 Å². The van der Waals surface area contributed by atoms with Crippen LogP contribution in [0, 0.1) is 5.92 Å². The lowest BCUT2D eigenvalue weighted by Crippen LogP contribution is -2.31. The summed E-state index contributed by atoms with van der Waals surface area (Å²) in [6.45, 7) is 2.05. The molecule has 5 heteroatoms. The number of amides is 1. The molecule has 1 aliphatic rings. The highest BCUT2D eigenvalue weighted by molar-refractivity contribution is 6.05. The number of nitrogens with one attached hydrogen (secondary N) is 1. The number of rotatable bonds is 3. The molecule has 3 rings (SSSR count). The maximum atomic E-state index is 11.3. The van der Waals surface area contributed by atoms with Crippen LogP contribution in [-0.4, -0.2) is 21.3 Å². The summed E-state index contributed by atoms with van der Waals surface area (Å²) in [7, 11) is 0. The van der Waals surface area contributed by atoms with E-state index in [1.54, 1.807) is 0 Å². The number of hydrazone groups is 1. The number of aromatic nitrogens is 1. The van der Waals surface area contributed by atoms with Crippen LogP contribution in [0.2, 0.25) is 0 Å². The van der Waals surface area contributed by atoms with Gasteiger partial charge in [-0.2, -0.15) is 5.10 Å². The molecule has 21 heavy (non-hydrogen) atoms. The van der Waals surface area contributed by atoms with E-state index in [1.165, 1.54) is 0 Å². The molecule has 0 saturated heterocycles. The van der Waals surface area contributed by atoms with Crippen LogP contribution in [0.4, 0.5) is 0 Å². The summed E-state index contributed by atoms with van der Waals surface area (Å²) < 4.78 is 1.96. The molecule has 1 unspecified atom stereocenters. The monoisotopic (exact) mass is 283 g/mol. The summed E-state index contributed by atoms with van der Waals surface area (Å²) >= 11 is 0. The Kier molecular flexibility index (Phi) is 3.58. The molecule has 0 spiro atoms. The summed E-state index contributed by atoms with van der Waals surface area (Å²) in [4.78, 5) is 11.3. The van der Waals surface area contributed by atoms with E-state index in [2.05, 4.69) is 10.5 Å². The molecule has 2 N–H and O–H groups in total. The highest BCUT2D eigenvalue weighted by atomic mass is 16.3. The molecule has 0 saturated carbocycles. The number of hydrogen-bond acceptors (Lipinski definition) is 3. The number of nitrogens with zero attached hydrogens (tertiary/aromatic N) is 2. The smallest absolute Gasteiger partial charge is 0.240 e. The fourth-order valence-electron chi connectivity index (χ4n) is 2.50. The average molecular weight is 283 g/mol. The summed E-state index contributed by atoms with van der Waals surface area (Å²) in [6, 6.07) is 9.89. The molecule has 1 aliphatic heterocycles. The largest absolute Gasteiger partial charge is 0.392 e. The highest BCUT2D eigenvalue weighted by Gasteiger charge is 2.21. The third kappa shape index (κ3) is 2.73. The molecular weight excluding hydrogens is 266 g/mol. The fourth-order valence-corrected chi connectivity index (χ4v) is 2.50. The quantitative estimate of drug-likeness (QED) is 0.902.